The number of sulfonamides is 1. The van der Waals surface area contributed by atoms with E-state index in [9.17, 15) is 18.0 Å². The van der Waals surface area contributed by atoms with Crippen LogP contribution in [0.25, 0.3) is 0 Å². The maximum atomic E-state index is 13.4. The van der Waals surface area contributed by atoms with Crippen LogP contribution >= 0.6 is 11.6 Å². The highest BCUT2D eigenvalue weighted by atomic mass is 35.5. The molecule has 0 bridgehead atoms. The second kappa shape index (κ2) is 11.8. The van der Waals surface area contributed by atoms with Gasteiger partial charge in [0.25, 0.3) is 5.91 Å². The van der Waals surface area contributed by atoms with Crippen LogP contribution in [0.2, 0.25) is 5.02 Å². The van der Waals surface area contributed by atoms with Crippen molar-refractivity contribution in [2.24, 2.45) is 0 Å². The standard InChI is InChI=1S/C25H25ClN2O6S/c1-3-28(16-18-9-5-4-6-10-18)35(31,32)23-15-19(13-14-22(23)33-2)25(30)34-17-24(29)27-21-12-8-7-11-20(21)26/h4-15H,3,16-17H2,1-2H3,(H,27,29). The molecule has 0 radical (unpaired) electrons. The Morgan fingerprint density at radius 1 is 1.00 bits per heavy atom. The number of ether oxygens (including phenoxy) is 2. The van der Waals surface area contributed by atoms with E-state index < -0.39 is 28.5 Å². The summed E-state index contributed by atoms with van der Waals surface area (Å²) in [4.78, 5) is 24.6. The highest BCUT2D eigenvalue weighted by molar-refractivity contribution is 7.89. The lowest BCUT2D eigenvalue weighted by atomic mass is 10.2. The van der Waals surface area contributed by atoms with E-state index in [0.717, 1.165) is 5.56 Å². The van der Waals surface area contributed by atoms with E-state index in [1.54, 1.807) is 31.2 Å². The number of esters is 1. The van der Waals surface area contributed by atoms with Crippen LogP contribution in [0.15, 0.2) is 77.7 Å². The van der Waals surface area contributed by atoms with Crippen molar-refractivity contribution in [3.63, 3.8) is 0 Å². The minimum atomic E-state index is -4.02. The van der Waals surface area contributed by atoms with E-state index in [-0.39, 0.29) is 29.3 Å². The lowest BCUT2D eigenvalue weighted by Gasteiger charge is -2.22. The zero-order valence-corrected chi connectivity index (χ0v) is 20.8. The number of nitrogens with one attached hydrogen (secondary N) is 1. The van der Waals surface area contributed by atoms with Crippen LogP contribution in [-0.4, -0.2) is 44.9 Å². The average Bonchev–Trinajstić information content (AvgIpc) is 2.87. The monoisotopic (exact) mass is 516 g/mol. The zero-order valence-electron chi connectivity index (χ0n) is 19.2. The molecule has 3 aromatic rings. The first-order valence-electron chi connectivity index (χ1n) is 10.7. The van der Waals surface area contributed by atoms with E-state index in [2.05, 4.69) is 5.32 Å². The smallest absolute Gasteiger partial charge is 0.338 e. The number of methoxy groups -OCH3 is 1. The molecule has 0 aliphatic rings. The molecule has 0 spiro atoms. The van der Waals surface area contributed by atoms with Crippen molar-refractivity contribution in [3.8, 4) is 5.75 Å². The SMILES string of the molecule is CCN(Cc1ccccc1)S(=O)(=O)c1cc(C(=O)OCC(=O)Nc2ccccc2Cl)ccc1OC. The number of benzene rings is 3. The normalized spacial score (nSPS) is 11.2. The van der Waals surface area contributed by atoms with Crippen LogP contribution in [0, 0.1) is 0 Å². The summed E-state index contributed by atoms with van der Waals surface area (Å²) in [5.74, 6) is -1.36. The molecule has 184 valence electrons. The Bertz CT molecular complexity index is 1300. The van der Waals surface area contributed by atoms with Crippen LogP contribution < -0.4 is 10.1 Å². The summed E-state index contributed by atoms with van der Waals surface area (Å²) in [7, 11) is -2.67. The highest BCUT2D eigenvalue weighted by Gasteiger charge is 2.28. The van der Waals surface area contributed by atoms with Gasteiger partial charge in [-0.3, -0.25) is 4.79 Å². The number of para-hydroxylation sites is 1. The molecular formula is C25H25ClN2O6S. The zero-order chi connectivity index (χ0) is 25.4. The first-order valence-corrected chi connectivity index (χ1v) is 12.5. The fourth-order valence-corrected chi connectivity index (χ4v) is 5.06. The molecule has 0 aromatic heterocycles. The number of hydrogen-bond donors (Lipinski definition) is 1. The van der Waals surface area contributed by atoms with Gasteiger partial charge >= 0.3 is 5.97 Å². The molecule has 1 N–H and O–H groups in total. The molecule has 0 fully saturated rings. The Labute approximate surface area is 209 Å². The molecule has 3 aromatic carbocycles. The maximum Gasteiger partial charge on any atom is 0.338 e. The van der Waals surface area contributed by atoms with Crippen molar-refractivity contribution >= 4 is 39.2 Å². The predicted molar refractivity (Wildman–Crippen MR) is 133 cm³/mol. The fourth-order valence-electron chi connectivity index (χ4n) is 3.26. The van der Waals surface area contributed by atoms with Crippen LogP contribution in [0.3, 0.4) is 0 Å². The molecule has 8 nitrogen and oxygen atoms in total. The Morgan fingerprint density at radius 2 is 1.69 bits per heavy atom. The maximum absolute atomic E-state index is 13.4. The molecule has 0 saturated carbocycles. The Morgan fingerprint density at radius 3 is 2.34 bits per heavy atom. The third-order valence-corrected chi connectivity index (χ3v) is 7.33. The molecule has 10 heteroatoms. The molecular weight excluding hydrogens is 492 g/mol. The molecule has 0 aliphatic carbocycles. The number of hydrogen-bond acceptors (Lipinski definition) is 6. The number of anilines is 1. The summed E-state index contributed by atoms with van der Waals surface area (Å²) in [6.07, 6.45) is 0. The summed E-state index contributed by atoms with van der Waals surface area (Å²) in [5.41, 5.74) is 1.16. The summed E-state index contributed by atoms with van der Waals surface area (Å²) in [6, 6.07) is 19.7. The van der Waals surface area contributed by atoms with Crippen LogP contribution in [0.4, 0.5) is 5.69 Å². The molecule has 0 heterocycles. The van der Waals surface area contributed by atoms with E-state index in [1.165, 1.54) is 29.6 Å². The van der Waals surface area contributed by atoms with Gasteiger partial charge in [-0.2, -0.15) is 4.31 Å². The minimum absolute atomic E-state index is 0.0364. The largest absolute Gasteiger partial charge is 0.495 e. The Kier molecular flexibility index (Phi) is 8.86. The van der Waals surface area contributed by atoms with Gasteiger partial charge in [-0.05, 0) is 35.9 Å². The van der Waals surface area contributed by atoms with Crippen molar-refractivity contribution in [2.45, 2.75) is 18.4 Å². The van der Waals surface area contributed by atoms with E-state index in [1.807, 2.05) is 30.3 Å². The quantitative estimate of drug-likeness (QED) is 0.402. The van der Waals surface area contributed by atoms with Gasteiger partial charge in [0, 0.05) is 13.1 Å². The first-order chi connectivity index (χ1) is 16.8. The van der Waals surface area contributed by atoms with Gasteiger partial charge in [-0.25, -0.2) is 13.2 Å². The van der Waals surface area contributed by atoms with Gasteiger partial charge < -0.3 is 14.8 Å². The summed E-state index contributed by atoms with van der Waals surface area (Å²) in [5, 5.41) is 2.89. The molecule has 35 heavy (non-hydrogen) atoms. The fraction of sp³-hybridized carbons (Fsp3) is 0.200. The Hall–Kier alpha value is -3.40. The van der Waals surface area contributed by atoms with Gasteiger partial charge in [0.15, 0.2) is 6.61 Å². The van der Waals surface area contributed by atoms with Crippen LogP contribution in [0.1, 0.15) is 22.8 Å². The van der Waals surface area contributed by atoms with Crippen LogP contribution in [-0.2, 0) is 26.1 Å². The van der Waals surface area contributed by atoms with Crippen molar-refractivity contribution < 1.29 is 27.5 Å². The van der Waals surface area contributed by atoms with Crippen molar-refractivity contribution in [1.82, 2.24) is 4.31 Å². The van der Waals surface area contributed by atoms with Gasteiger partial charge in [-0.1, -0.05) is 61.0 Å². The molecule has 0 unspecified atom stereocenters. The molecule has 1 amide bonds. The molecule has 3 rings (SSSR count). The second-order valence-electron chi connectivity index (χ2n) is 7.39. The average molecular weight is 517 g/mol. The molecule has 0 atom stereocenters. The summed E-state index contributed by atoms with van der Waals surface area (Å²) in [6.45, 7) is 1.51. The lowest BCUT2D eigenvalue weighted by molar-refractivity contribution is -0.119. The van der Waals surface area contributed by atoms with Gasteiger partial charge in [0.1, 0.15) is 10.6 Å². The van der Waals surface area contributed by atoms with Gasteiger partial charge in [-0.15, -0.1) is 0 Å². The van der Waals surface area contributed by atoms with Crippen molar-refractivity contribution in [3.05, 3.63) is 88.9 Å². The number of nitrogens with zero attached hydrogens (tertiary/aromatic N) is 1. The van der Waals surface area contributed by atoms with Gasteiger partial charge in [0.2, 0.25) is 10.0 Å². The number of rotatable bonds is 10. The lowest BCUT2D eigenvalue weighted by Crippen LogP contribution is -2.31. The van der Waals surface area contributed by atoms with Gasteiger partial charge in [0.05, 0.1) is 23.4 Å². The summed E-state index contributed by atoms with van der Waals surface area (Å²) < 4.78 is 38.5. The number of carbonyl (C=O) groups excluding carboxylic acids is 2. The number of amides is 1. The third-order valence-electron chi connectivity index (χ3n) is 5.05. The topological polar surface area (TPSA) is 102 Å². The van der Waals surface area contributed by atoms with Crippen molar-refractivity contribution in [2.75, 3.05) is 25.6 Å². The van der Waals surface area contributed by atoms with E-state index in [0.29, 0.717) is 10.7 Å². The first kappa shape index (κ1) is 26.2. The summed E-state index contributed by atoms with van der Waals surface area (Å²) >= 11 is 6.01. The Balaban J connectivity index is 1.77. The predicted octanol–water partition coefficient (Wildman–Crippen LogP) is 4.35. The molecule has 0 aliphatic heterocycles. The third kappa shape index (κ3) is 6.60. The van der Waals surface area contributed by atoms with E-state index >= 15 is 0 Å². The number of halogens is 1. The van der Waals surface area contributed by atoms with Crippen molar-refractivity contribution in [1.29, 1.82) is 0 Å². The second-order valence-corrected chi connectivity index (χ2v) is 9.70. The minimum Gasteiger partial charge on any atom is -0.495 e. The number of carbonyl (C=O) groups is 2. The van der Waals surface area contributed by atoms with Crippen LogP contribution in [0.5, 0.6) is 5.75 Å². The molecule has 0 saturated heterocycles. The van der Waals surface area contributed by atoms with E-state index in [4.69, 9.17) is 21.1 Å². The highest BCUT2D eigenvalue weighted by Crippen LogP contribution is 2.29.